The minimum Gasteiger partial charge on any atom is -0.497 e. The first-order valence-corrected chi connectivity index (χ1v) is 9.04. The number of hydrogen-bond donors (Lipinski definition) is 1. The van der Waals surface area contributed by atoms with Gasteiger partial charge in [-0.1, -0.05) is 35.8 Å². The largest absolute Gasteiger partial charge is 0.497 e. The van der Waals surface area contributed by atoms with Crippen molar-refractivity contribution in [2.45, 2.75) is 13.0 Å². The van der Waals surface area contributed by atoms with Gasteiger partial charge in [0.15, 0.2) is 5.82 Å². The van der Waals surface area contributed by atoms with Crippen molar-refractivity contribution < 1.29 is 4.74 Å². The summed E-state index contributed by atoms with van der Waals surface area (Å²) < 4.78 is 10.8. The number of benzene rings is 2. The summed E-state index contributed by atoms with van der Waals surface area (Å²) in [4.78, 5) is 6.03. The van der Waals surface area contributed by atoms with E-state index in [1.165, 1.54) is 5.56 Å². The van der Waals surface area contributed by atoms with Crippen molar-refractivity contribution in [2.24, 2.45) is 0 Å². The number of hydrogen-bond acceptors (Lipinski definition) is 3. The Morgan fingerprint density at radius 3 is 2.72 bits per heavy atom. The van der Waals surface area contributed by atoms with Crippen LogP contribution in [0.1, 0.15) is 5.56 Å². The van der Waals surface area contributed by atoms with Crippen molar-refractivity contribution in [3.05, 3.63) is 72.4 Å². The number of H-pyrrole nitrogens is 1. The van der Waals surface area contributed by atoms with E-state index in [2.05, 4.69) is 45.5 Å². The van der Waals surface area contributed by atoms with Gasteiger partial charge in [0.2, 0.25) is 0 Å². The Labute approximate surface area is 150 Å². The third-order valence-corrected chi connectivity index (χ3v) is 5.07. The molecular weight excluding hydrogens is 330 g/mol. The van der Waals surface area contributed by atoms with E-state index in [4.69, 9.17) is 9.72 Å². The molecule has 0 saturated heterocycles. The lowest BCUT2D eigenvalue weighted by atomic mass is 10.1. The molecule has 0 atom stereocenters. The number of aromatic amines is 1. The van der Waals surface area contributed by atoms with Crippen molar-refractivity contribution in [1.82, 2.24) is 13.9 Å². The first kappa shape index (κ1) is 15.7. The fourth-order valence-corrected chi connectivity index (χ4v) is 3.62. The van der Waals surface area contributed by atoms with E-state index in [9.17, 15) is 0 Å². The molecule has 4 rings (SSSR count). The number of rotatable bonds is 4. The van der Waals surface area contributed by atoms with E-state index in [1.54, 1.807) is 18.6 Å². The van der Waals surface area contributed by atoms with Crippen LogP contribution in [0.2, 0.25) is 0 Å². The quantitative estimate of drug-likeness (QED) is 0.569. The van der Waals surface area contributed by atoms with Gasteiger partial charge in [-0.25, -0.2) is 4.98 Å². The molecule has 0 unspecified atom stereocenters. The third-order valence-electron chi connectivity index (χ3n) is 4.21. The van der Waals surface area contributed by atoms with Crippen LogP contribution < -0.4 is 4.74 Å². The van der Waals surface area contributed by atoms with E-state index in [-0.39, 0.29) is 0 Å². The average molecular weight is 349 g/mol. The predicted octanol–water partition coefficient (Wildman–Crippen LogP) is 4.91. The van der Waals surface area contributed by atoms with Crippen LogP contribution in [0.15, 0.2) is 66.9 Å². The predicted molar refractivity (Wildman–Crippen MR) is 103 cm³/mol. The Morgan fingerprint density at radius 1 is 1.04 bits per heavy atom. The molecule has 5 heteroatoms. The summed E-state index contributed by atoms with van der Waals surface area (Å²) in [6, 6.07) is 20.6. The van der Waals surface area contributed by atoms with Gasteiger partial charge in [0.25, 0.3) is 0 Å². The molecule has 4 nitrogen and oxygen atoms in total. The Hall–Kier alpha value is -2.79. The second-order valence-corrected chi connectivity index (χ2v) is 6.67. The maximum atomic E-state index is 5.22. The molecule has 1 N–H and O–H groups in total. The number of pyridine rings is 1. The van der Waals surface area contributed by atoms with Crippen LogP contribution in [0, 0.1) is 0 Å². The third kappa shape index (κ3) is 3.37. The monoisotopic (exact) mass is 349 g/mol. The van der Waals surface area contributed by atoms with E-state index in [1.807, 2.05) is 30.3 Å². The molecule has 2 aliphatic heterocycles. The summed E-state index contributed by atoms with van der Waals surface area (Å²) in [6.45, 7) is 0.877. The van der Waals surface area contributed by atoms with Crippen LogP contribution >= 0.6 is 11.5 Å². The van der Waals surface area contributed by atoms with E-state index >= 15 is 0 Å². The molecule has 0 radical (unpaired) electrons. The van der Waals surface area contributed by atoms with Gasteiger partial charge in [-0.3, -0.25) is 0 Å². The summed E-state index contributed by atoms with van der Waals surface area (Å²) in [5, 5.41) is 0. The minimum atomic E-state index is 0.877. The van der Waals surface area contributed by atoms with Gasteiger partial charge in [0, 0.05) is 12.7 Å². The number of aryl methyl sites for hydroxylation is 2. The molecule has 2 aromatic carbocycles. The van der Waals surface area contributed by atoms with E-state index in [0.29, 0.717) is 0 Å². The van der Waals surface area contributed by atoms with Crippen molar-refractivity contribution in [2.75, 3.05) is 7.11 Å². The molecule has 25 heavy (non-hydrogen) atoms. The number of methoxy groups -OCH3 is 1. The lowest BCUT2D eigenvalue weighted by Gasteiger charge is -2.12. The zero-order valence-electron chi connectivity index (χ0n) is 14.0. The highest BCUT2D eigenvalue weighted by Gasteiger charge is 2.08. The van der Waals surface area contributed by atoms with Gasteiger partial charge in [0.05, 0.1) is 23.0 Å². The number of nitrogens with zero attached hydrogens (tertiary/aromatic N) is 2. The summed E-state index contributed by atoms with van der Waals surface area (Å²) in [5.74, 6) is 1.89. The molecule has 2 heterocycles. The van der Waals surface area contributed by atoms with Crippen LogP contribution in [0.5, 0.6) is 5.75 Å². The van der Waals surface area contributed by atoms with Crippen molar-refractivity contribution in [1.29, 1.82) is 0 Å². The zero-order chi connectivity index (χ0) is 17.1. The zero-order valence-corrected chi connectivity index (χ0v) is 14.8. The van der Waals surface area contributed by atoms with Crippen molar-refractivity contribution in [3.63, 3.8) is 0 Å². The number of aromatic nitrogens is 3. The van der Waals surface area contributed by atoms with Crippen molar-refractivity contribution in [3.8, 4) is 16.5 Å². The van der Waals surface area contributed by atoms with Crippen LogP contribution in [0.4, 0.5) is 0 Å². The maximum absolute atomic E-state index is 5.22. The normalized spacial score (nSPS) is 10.9. The molecule has 0 aromatic heterocycles. The molecule has 2 aromatic rings. The highest BCUT2D eigenvalue weighted by atomic mass is 32.1. The molecule has 126 valence electrons. The fraction of sp³-hybridized carbons (Fsp3) is 0.150. The molecule has 0 spiro atoms. The first-order chi connectivity index (χ1) is 12.3. The van der Waals surface area contributed by atoms with Crippen molar-refractivity contribution >= 4 is 22.6 Å². The Bertz CT molecular complexity index is 995. The lowest BCUT2D eigenvalue weighted by molar-refractivity contribution is 0.414. The molecular formula is C20H19N3OS. The fourth-order valence-electron chi connectivity index (χ4n) is 2.82. The van der Waals surface area contributed by atoms with E-state index < -0.39 is 0 Å². The van der Waals surface area contributed by atoms with Gasteiger partial charge in [-0.2, -0.15) is 0 Å². The summed E-state index contributed by atoms with van der Waals surface area (Å²) in [5.41, 5.74) is 3.30. The van der Waals surface area contributed by atoms with Gasteiger partial charge in [-0.15, -0.1) is 0 Å². The average Bonchev–Trinajstić information content (AvgIpc) is 2.86. The van der Waals surface area contributed by atoms with E-state index in [0.717, 1.165) is 40.5 Å². The number of fused-ring (bicyclic) bond motifs is 2. The summed E-state index contributed by atoms with van der Waals surface area (Å²) in [7, 11) is 1.69. The number of para-hydroxylation sites is 2. The highest BCUT2D eigenvalue weighted by molar-refractivity contribution is 7.09. The van der Waals surface area contributed by atoms with Gasteiger partial charge < -0.3 is 13.7 Å². The summed E-state index contributed by atoms with van der Waals surface area (Å²) >= 11 is 1.61. The SMILES string of the molecule is COc1ccc(CCn2cccc3s[nH]c4ccccc4nc2-3)cc1. The standard InChI is InChI=1S/C20H19N3OS/c1-24-16-10-8-15(9-11-16)12-14-23-13-4-7-19-20(23)21-17-5-2-3-6-18(17)22-25-19/h2-11,13,22H,12,14H2,1H3. The van der Waals surface area contributed by atoms with Crippen LogP contribution in [0.3, 0.4) is 0 Å². The number of nitrogens with one attached hydrogen (secondary N) is 1. The lowest BCUT2D eigenvalue weighted by Crippen LogP contribution is -2.06. The topological polar surface area (TPSA) is 42.8 Å². The number of ether oxygens (including phenoxy) is 1. The van der Waals surface area contributed by atoms with Gasteiger partial charge >= 0.3 is 0 Å². The van der Waals surface area contributed by atoms with Crippen LogP contribution in [0.25, 0.3) is 21.7 Å². The highest BCUT2D eigenvalue weighted by Crippen LogP contribution is 2.24. The molecule has 0 amide bonds. The Balaban J connectivity index is 1.68. The molecule has 2 aliphatic rings. The van der Waals surface area contributed by atoms with Gasteiger partial charge in [0.1, 0.15) is 5.75 Å². The first-order valence-electron chi connectivity index (χ1n) is 8.22. The smallest absolute Gasteiger partial charge is 0.152 e. The molecule has 0 saturated carbocycles. The van der Waals surface area contributed by atoms with Gasteiger partial charge in [-0.05, 0) is 48.4 Å². The molecule has 0 bridgehead atoms. The summed E-state index contributed by atoms with van der Waals surface area (Å²) in [6.07, 6.45) is 3.04. The second kappa shape index (κ2) is 6.99. The Kier molecular flexibility index (Phi) is 4.39. The Morgan fingerprint density at radius 2 is 1.88 bits per heavy atom. The molecule has 0 fully saturated rings. The van der Waals surface area contributed by atoms with Crippen LogP contribution in [-0.4, -0.2) is 21.0 Å². The maximum Gasteiger partial charge on any atom is 0.152 e. The molecule has 0 aliphatic carbocycles. The minimum absolute atomic E-state index is 0.877. The van der Waals surface area contributed by atoms with Crippen LogP contribution in [-0.2, 0) is 13.0 Å². The second-order valence-electron chi connectivity index (χ2n) is 5.82.